The second-order valence-electron chi connectivity index (χ2n) is 5.68. The maximum Gasteiger partial charge on any atom is 0.345 e. The molecule has 0 spiro atoms. The highest BCUT2D eigenvalue weighted by atomic mass is 16.7. The molecular formula is C18H16N2O8. The topological polar surface area (TPSA) is 126 Å². The lowest BCUT2D eigenvalue weighted by molar-refractivity contribution is -0.385. The van der Waals surface area contributed by atoms with E-state index in [4.69, 9.17) is 18.9 Å². The number of ether oxygens (including phenoxy) is 4. The van der Waals surface area contributed by atoms with Crippen LogP contribution in [0.5, 0.6) is 17.2 Å². The standard InChI is InChI=1S/C18H16N2O8/c1-25-12-4-2-3-11(5-12)8-19-17(21)9-26-18(22)13-6-15-16(28-10-27-15)7-14(13)20(23)24/h2-7H,8-10H2,1H3,(H,19,21). The number of nitrogens with zero attached hydrogens (tertiary/aromatic N) is 1. The molecule has 0 atom stereocenters. The summed E-state index contributed by atoms with van der Waals surface area (Å²) in [5, 5.41) is 13.8. The Morgan fingerprint density at radius 1 is 1.21 bits per heavy atom. The van der Waals surface area contributed by atoms with Crippen molar-refractivity contribution in [3.63, 3.8) is 0 Å². The molecule has 2 aromatic carbocycles. The van der Waals surface area contributed by atoms with Crippen molar-refractivity contribution in [1.29, 1.82) is 0 Å². The molecule has 0 aliphatic carbocycles. The Labute approximate surface area is 159 Å². The van der Waals surface area contributed by atoms with Crippen molar-refractivity contribution in [3.05, 3.63) is 57.6 Å². The summed E-state index contributed by atoms with van der Waals surface area (Å²) in [4.78, 5) is 34.6. The Hall–Kier alpha value is -3.82. The zero-order valence-corrected chi connectivity index (χ0v) is 14.8. The quantitative estimate of drug-likeness (QED) is 0.432. The zero-order chi connectivity index (χ0) is 20.1. The van der Waals surface area contributed by atoms with Gasteiger partial charge in [-0.1, -0.05) is 12.1 Å². The summed E-state index contributed by atoms with van der Waals surface area (Å²) in [6.07, 6.45) is 0. The van der Waals surface area contributed by atoms with Gasteiger partial charge in [-0.2, -0.15) is 0 Å². The number of carbonyl (C=O) groups excluding carboxylic acids is 2. The van der Waals surface area contributed by atoms with Gasteiger partial charge in [0, 0.05) is 12.6 Å². The first kappa shape index (κ1) is 19.0. The third-order valence-corrected chi connectivity index (χ3v) is 3.87. The highest BCUT2D eigenvalue weighted by Gasteiger charge is 2.28. The molecule has 10 heteroatoms. The molecule has 1 aliphatic heterocycles. The van der Waals surface area contributed by atoms with Crippen molar-refractivity contribution in [1.82, 2.24) is 5.32 Å². The van der Waals surface area contributed by atoms with Gasteiger partial charge in [-0.15, -0.1) is 0 Å². The van der Waals surface area contributed by atoms with Crippen LogP contribution in [0.4, 0.5) is 5.69 Å². The number of hydrogen-bond donors (Lipinski definition) is 1. The number of rotatable bonds is 7. The van der Waals surface area contributed by atoms with Gasteiger partial charge in [0.15, 0.2) is 18.1 Å². The van der Waals surface area contributed by atoms with Crippen LogP contribution in [0, 0.1) is 10.1 Å². The molecule has 146 valence electrons. The zero-order valence-electron chi connectivity index (χ0n) is 14.8. The minimum atomic E-state index is -1.01. The van der Waals surface area contributed by atoms with E-state index in [0.717, 1.165) is 17.7 Å². The molecule has 28 heavy (non-hydrogen) atoms. The molecule has 0 aromatic heterocycles. The number of benzene rings is 2. The van der Waals surface area contributed by atoms with E-state index in [0.29, 0.717) is 5.75 Å². The predicted molar refractivity (Wildman–Crippen MR) is 94.3 cm³/mol. The molecule has 0 fully saturated rings. The SMILES string of the molecule is COc1cccc(CNC(=O)COC(=O)c2cc3c(cc2[N+](=O)[O-])OCO3)c1. The Kier molecular flexibility index (Phi) is 5.58. The molecule has 1 amide bonds. The lowest BCUT2D eigenvalue weighted by Crippen LogP contribution is -2.28. The van der Waals surface area contributed by atoms with E-state index in [1.54, 1.807) is 24.3 Å². The van der Waals surface area contributed by atoms with Gasteiger partial charge in [0.05, 0.1) is 18.1 Å². The van der Waals surface area contributed by atoms with Crippen LogP contribution < -0.4 is 19.5 Å². The number of methoxy groups -OCH3 is 1. The maximum atomic E-state index is 12.2. The van der Waals surface area contributed by atoms with Gasteiger partial charge in [-0.25, -0.2) is 4.79 Å². The van der Waals surface area contributed by atoms with E-state index in [9.17, 15) is 19.7 Å². The van der Waals surface area contributed by atoms with Crippen LogP contribution in [-0.4, -0.2) is 37.3 Å². The maximum absolute atomic E-state index is 12.2. The lowest BCUT2D eigenvalue weighted by Gasteiger charge is -2.08. The van der Waals surface area contributed by atoms with Crippen LogP contribution >= 0.6 is 0 Å². The van der Waals surface area contributed by atoms with E-state index in [2.05, 4.69) is 5.32 Å². The number of fused-ring (bicyclic) bond motifs is 1. The van der Waals surface area contributed by atoms with Gasteiger partial charge in [0.25, 0.3) is 11.6 Å². The van der Waals surface area contributed by atoms with Gasteiger partial charge >= 0.3 is 5.97 Å². The van der Waals surface area contributed by atoms with Crippen molar-refractivity contribution in [2.24, 2.45) is 0 Å². The molecule has 0 saturated heterocycles. The van der Waals surface area contributed by atoms with Crippen molar-refractivity contribution >= 4 is 17.6 Å². The molecule has 1 heterocycles. The van der Waals surface area contributed by atoms with Crippen LogP contribution in [0.1, 0.15) is 15.9 Å². The Balaban J connectivity index is 1.59. The third kappa shape index (κ3) is 4.29. The number of nitro groups is 1. The molecule has 0 unspecified atom stereocenters. The van der Waals surface area contributed by atoms with E-state index in [1.165, 1.54) is 7.11 Å². The number of amides is 1. The molecule has 1 N–H and O–H groups in total. The van der Waals surface area contributed by atoms with E-state index < -0.39 is 29.1 Å². The van der Waals surface area contributed by atoms with Gasteiger partial charge < -0.3 is 24.3 Å². The number of hydrogen-bond acceptors (Lipinski definition) is 8. The molecule has 2 aromatic rings. The third-order valence-electron chi connectivity index (χ3n) is 3.87. The van der Waals surface area contributed by atoms with Gasteiger partial charge in [0.1, 0.15) is 11.3 Å². The fraction of sp³-hybridized carbons (Fsp3) is 0.222. The Morgan fingerprint density at radius 2 is 1.96 bits per heavy atom. The molecule has 1 aliphatic rings. The normalized spacial score (nSPS) is 11.6. The largest absolute Gasteiger partial charge is 0.497 e. The van der Waals surface area contributed by atoms with Crippen LogP contribution in [-0.2, 0) is 16.1 Å². The molecule has 0 saturated carbocycles. The number of nitrogens with one attached hydrogen (secondary N) is 1. The first-order chi connectivity index (χ1) is 13.5. The average molecular weight is 388 g/mol. The minimum absolute atomic E-state index is 0.0995. The van der Waals surface area contributed by atoms with Gasteiger partial charge in [-0.05, 0) is 17.7 Å². The molecule has 0 bridgehead atoms. The Morgan fingerprint density at radius 3 is 2.68 bits per heavy atom. The summed E-state index contributed by atoms with van der Waals surface area (Å²) in [5.74, 6) is -0.561. The number of carbonyl (C=O) groups is 2. The van der Waals surface area contributed by atoms with Gasteiger partial charge in [-0.3, -0.25) is 14.9 Å². The van der Waals surface area contributed by atoms with Crippen LogP contribution in [0.25, 0.3) is 0 Å². The molecule has 3 rings (SSSR count). The number of esters is 1. The second kappa shape index (κ2) is 8.25. The fourth-order valence-corrected chi connectivity index (χ4v) is 2.49. The van der Waals surface area contributed by atoms with E-state index >= 15 is 0 Å². The molecule has 0 radical (unpaired) electrons. The van der Waals surface area contributed by atoms with Crippen LogP contribution in [0.2, 0.25) is 0 Å². The van der Waals surface area contributed by atoms with Crippen molar-refractivity contribution in [3.8, 4) is 17.2 Å². The highest BCUT2D eigenvalue weighted by Crippen LogP contribution is 2.38. The summed E-state index contributed by atoms with van der Waals surface area (Å²) < 4.78 is 20.2. The summed E-state index contributed by atoms with van der Waals surface area (Å²) >= 11 is 0. The molecule has 10 nitrogen and oxygen atoms in total. The predicted octanol–water partition coefficient (Wildman–Crippen LogP) is 1.81. The van der Waals surface area contributed by atoms with Crippen LogP contribution in [0.3, 0.4) is 0 Å². The lowest BCUT2D eigenvalue weighted by atomic mass is 10.1. The number of nitro benzene ring substituents is 1. The van der Waals surface area contributed by atoms with Crippen molar-refractivity contribution < 1.29 is 33.5 Å². The summed E-state index contributed by atoms with van der Waals surface area (Å²) in [6.45, 7) is -0.482. The summed E-state index contributed by atoms with van der Waals surface area (Å²) in [6, 6.07) is 9.34. The first-order valence-corrected chi connectivity index (χ1v) is 8.12. The minimum Gasteiger partial charge on any atom is -0.497 e. The van der Waals surface area contributed by atoms with E-state index in [-0.39, 0.29) is 30.4 Å². The first-order valence-electron chi connectivity index (χ1n) is 8.12. The van der Waals surface area contributed by atoms with Crippen LogP contribution in [0.15, 0.2) is 36.4 Å². The Bertz CT molecular complexity index is 928. The van der Waals surface area contributed by atoms with E-state index in [1.807, 2.05) is 0 Å². The molecular weight excluding hydrogens is 372 g/mol. The monoisotopic (exact) mass is 388 g/mol. The average Bonchev–Trinajstić information content (AvgIpc) is 3.17. The van der Waals surface area contributed by atoms with Crippen molar-refractivity contribution in [2.75, 3.05) is 20.5 Å². The summed E-state index contributed by atoms with van der Waals surface area (Å²) in [7, 11) is 1.53. The smallest absolute Gasteiger partial charge is 0.345 e. The fourth-order valence-electron chi connectivity index (χ4n) is 2.49. The summed E-state index contributed by atoms with van der Waals surface area (Å²) in [5.41, 5.74) is -0.0219. The van der Waals surface area contributed by atoms with Gasteiger partial charge in [0.2, 0.25) is 6.79 Å². The second-order valence-corrected chi connectivity index (χ2v) is 5.68. The van der Waals surface area contributed by atoms with Crippen molar-refractivity contribution in [2.45, 2.75) is 6.54 Å². The highest BCUT2D eigenvalue weighted by molar-refractivity contribution is 5.96.